The van der Waals surface area contributed by atoms with Crippen molar-refractivity contribution in [1.29, 1.82) is 0 Å². The van der Waals surface area contributed by atoms with Crippen molar-refractivity contribution in [1.82, 2.24) is 10.1 Å². The zero-order valence-corrected chi connectivity index (χ0v) is 9.07. The van der Waals surface area contributed by atoms with Crippen molar-refractivity contribution in [2.75, 3.05) is 19.0 Å². The van der Waals surface area contributed by atoms with Gasteiger partial charge in [-0.3, -0.25) is 0 Å². The van der Waals surface area contributed by atoms with Crippen molar-refractivity contribution in [3.8, 4) is 0 Å². The summed E-state index contributed by atoms with van der Waals surface area (Å²) in [5.74, 6) is 0.934. The van der Waals surface area contributed by atoms with E-state index in [1.165, 1.54) is 0 Å². The van der Waals surface area contributed by atoms with Crippen LogP contribution in [0.4, 0.5) is 6.01 Å². The highest BCUT2D eigenvalue weighted by molar-refractivity contribution is 5.16. The standard InChI is InChI=1S/C9H17N3O2/c1-5-13-7(6(2)3)8-11-9(10-4)14-12-8/h6-7H,5H2,1-4H3,(H,10,11,12). The van der Waals surface area contributed by atoms with Crippen LogP contribution in [0.15, 0.2) is 4.52 Å². The van der Waals surface area contributed by atoms with E-state index in [4.69, 9.17) is 9.26 Å². The van der Waals surface area contributed by atoms with Gasteiger partial charge < -0.3 is 14.6 Å². The van der Waals surface area contributed by atoms with Gasteiger partial charge in [-0.2, -0.15) is 4.98 Å². The Morgan fingerprint density at radius 2 is 2.21 bits per heavy atom. The van der Waals surface area contributed by atoms with E-state index in [1.54, 1.807) is 7.05 Å². The SMILES string of the molecule is CCOC(c1noc(NC)n1)C(C)C. The summed E-state index contributed by atoms with van der Waals surface area (Å²) in [7, 11) is 1.74. The van der Waals surface area contributed by atoms with Gasteiger partial charge in [0.15, 0.2) is 0 Å². The minimum atomic E-state index is -0.0918. The summed E-state index contributed by atoms with van der Waals surface area (Å²) < 4.78 is 10.5. The average molecular weight is 199 g/mol. The highest BCUT2D eigenvalue weighted by Crippen LogP contribution is 2.23. The lowest BCUT2D eigenvalue weighted by Crippen LogP contribution is -2.12. The van der Waals surface area contributed by atoms with Gasteiger partial charge in [-0.1, -0.05) is 19.0 Å². The van der Waals surface area contributed by atoms with Crippen LogP contribution in [0.3, 0.4) is 0 Å². The van der Waals surface area contributed by atoms with Gasteiger partial charge in [0.05, 0.1) is 0 Å². The Bertz CT molecular complexity index is 273. The van der Waals surface area contributed by atoms with E-state index in [0.717, 1.165) is 0 Å². The maximum atomic E-state index is 5.53. The number of nitrogens with zero attached hydrogens (tertiary/aromatic N) is 2. The van der Waals surface area contributed by atoms with Crippen molar-refractivity contribution in [2.24, 2.45) is 5.92 Å². The third kappa shape index (κ3) is 2.45. The van der Waals surface area contributed by atoms with Crippen LogP contribution in [0.1, 0.15) is 32.7 Å². The molecule has 0 aromatic carbocycles. The number of aromatic nitrogens is 2. The molecule has 0 spiro atoms. The maximum absolute atomic E-state index is 5.53. The number of hydrogen-bond donors (Lipinski definition) is 1. The van der Waals surface area contributed by atoms with E-state index >= 15 is 0 Å². The monoisotopic (exact) mass is 199 g/mol. The molecule has 0 saturated heterocycles. The smallest absolute Gasteiger partial charge is 0.321 e. The lowest BCUT2D eigenvalue weighted by Gasteiger charge is -2.16. The molecular formula is C9H17N3O2. The predicted octanol–water partition coefficient (Wildman–Crippen LogP) is 1.84. The zero-order chi connectivity index (χ0) is 10.6. The molecule has 0 saturated carbocycles. The van der Waals surface area contributed by atoms with E-state index in [-0.39, 0.29) is 6.10 Å². The molecule has 1 rings (SSSR count). The van der Waals surface area contributed by atoms with E-state index in [9.17, 15) is 0 Å². The first-order valence-corrected chi connectivity index (χ1v) is 4.82. The summed E-state index contributed by atoms with van der Waals surface area (Å²) in [5, 5.41) is 6.64. The molecule has 0 amide bonds. The summed E-state index contributed by atoms with van der Waals surface area (Å²) in [6.45, 7) is 6.73. The molecule has 14 heavy (non-hydrogen) atoms. The Balaban J connectivity index is 2.76. The molecule has 5 nitrogen and oxygen atoms in total. The van der Waals surface area contributed by atoms with E-state index in [2.05, 4.69) is 29.3 Å². The summed E-state index contributed by atoms with van der Waals surface area (Å²) in [4.78, 5) is 4.16. The number of ether oxygens (including phenoxy) is 1. The van der Waals surface area contributed by atoms with Crippen LogP contribution in [0, 0.1) is 5.92 Å². The molecule has 0 aliphatic rings. The Morgan fingerprint density at radius 3 is 2.64 bits per heavy atom. The molecular weight excluding hydrogens is 182 g/mol. The molecule has 1 N–H and O–H groups in total. The number of nitrogens with one attached hydrogen (secondary N) is 1. The Morgan fingerprint density at radius 1 is 1.50 bits per heavy atom. The molecule has 0 bridgehead atoms. The molecule has 0 radical (unpaired) electrons. The van der Waals surface area contributed by atoms with Crippen LogP contribution in [0.5, 0.6) is 0 Å². The molecule has 1 aromatic heterocycles. The Labute approximate surface area is 83.8 Å². The summed E-state index contributed by atoms with van der Waals surface area (Å²) >= 11 is 0. The second-order valence-corrected chi connectivity index (χ2v) is 3.33. The van der Waals surface area contributed by atoms with Crippen molar-refractivity contribution < 1.29 is 9.26 Å². The van der Waals surface area contributed by atoms with Crippen molar-refractivity contribution in [3.63, 3.8) is 0 Å². The second kappa shape index (κ2) is 4.95. The molecule has 0 aliphatic heterocycles. The topological polar surface area (TPSA) is 60.2 Å². The molecule has 1 atom stereocenters. The average Bonchev–Trinajstić information content (AvgIpc) is 2.61. The first-order chi connectivity index (χ1) is 6.69. The quantitative estimate of drug-likeness (QED) is 0.784. The van der Waals surface area contributed by atoms with Crippen LogP contribution in [0.25, 0.3) is 0 Å². The normalized spacial score (nSPS) is 13.2. The van der Waals surface area contributed by atoms with Gasteiger partial charge >= 0.3 is 6.01 Å². The molecule has 1 heterocycles. The van der Waals surface area contributed by atoms with Crippen LogP contribution in [-0.2, 0) is 4.74 Å². The first-order valence-electron chi connectivity index (χ1n) is 4.82. The van der Waals surface area contributed by atoms with Crippen LogP contribution in [0.2, 0.25) is 0 Å². The van der Waals surface area contributed by atoms with Crippen LogP contribution < -0.4 is 5.32 Å². The zero-order valence-electron chi connectivity index (χ0n) is 9.07. The Hall–Kier alpha value is -1.10. The van der Waals surface area contributed by atoms with Gasteiger partial charge in [0.2, 0.25) is 5.82 Å². The fourth-order valence-corrected chi connectivity index (χ4v) is 1.20. The van der Waals surface area contributed by atoms with E-state index in [0.29, 0.717) is 24.4 Å². The lowest BCUT2D eigenvalue weighted by molar-refractivity contribution is 0.0217. The molecule has 5 heteroatoms. The summed E-state index contributed by atoms with van der Waals surface area (Å²) in [6.07, 6.45) is -0.0918. The fourth-order valence-electron chi connectivity index (χ4n) is 1.20. The molecule has 0 aliphatic carbocycles. The van der Waals surface area contributed by atoms with Crippen molar-refractivity contribution in [2.45, 2.75) is 26.9 Å². The number of hydrogen-bond acceptors (Lipinski definition) is 5. The molecule has 1 unspecified atom stereocenters. The number of rotatable bonds is 5. The first kappa shape index (κ1) is 11.0. The lowest BCUT2D eigenvalue weighted by atomic mass is 10.1. The van der Waals surface area contributed by atoms with Gasteiger partial charge in [-0.05, 0) is 12.8 Å². The fraction of sp³-hybridized carbons (Fsp3) is 0.778. The van der Waals surface area contributed by atoms with Crippen LogP contribution in [-0.4, -0.2) is 23.8 Å². The minimum absolute atomic E-state index is 0.0918. The van der Waals surface area contributed by atoms with E-state index < -0.39 is 0 Å². The summed E-state index contributed by atoms with van der Waals surface area (Å²) in [5.41, 5.74) is 0. The van der Waals surface area contributed by atoms with Crippen molar-refractivity contribution >= 4 is 6.01 Å². The highest BCUT2D eigenvalue weighted by atomic mass is 16.5. The van der Waals surface area contributed by atoms with Gasteiger partial charge in [0, 0.05) is 13.7 Å². The van der Waals surface area contributed by atoms with Crippen LogP contribution >= 0.6 is 0 Å². The molecule has 0 fully saturated rings. The largest absolute Gasteiger partial charge is 0.370 e. The van der Waals surface area contributed by atoms with Gasteiger partial charge in [-0.25, -0.2) is 0 Å². The van der Waals surface area contributed by atoms with Gasteiger partial charge in [-0.15, -0.1) is 0 Å². The maximum Gasteiger partial charge on any atom is 0.321 e. The second-order valence-electron chi connectivity index (χ2n) is 3.33. The highest BCUT2D eigenvalue weighted by Gasteiger charge is 2.21. The summed E-state index contributed by atoms with van der Waals surface area (Å²) in [6, 6.07) is 0.422. The predicted molar refractivity (Wildman–Crippen MR) is 53.0 cm³/mol. The minimum Gasteiger partial charge on any atom is -0.370 e. The van der Waals surface area contributed by atoms with Gasteiger partial charge in [0.25, 0.3) is 0 Å². The third-order valence-electron chi connectivity index (χ3n) is 1.86. The van der Waals surface area contributed by atoms with E-state index in [1.807, 2.05) is 6.92 Å². The Kier molecular flexibility index (Phi) is 3.88. The molecule has 1 aromatic rings. The molecule has 80 valence electrons. The third-order valence-corrected chi connectivity index (χ3v) is 1.86. The van der Waals surface area contributed by atoms with Crippen molar-refractivity contribution in [3.05, 3.63) is 5.82 Å². The number of anilines is 1. The van der Waals surface area contributed by atoms with Gasteiger partial charge in [0.1, 0.15) is 6.10 Å².